The van der Waals surface area contributed by atoms with E-state index in [4.69, 9.17) is 17.3 Å². The van der Waals surface area contributed by atoms with Crippen LogP contribution in [0.2, 0.25) is 5.02 Å². The summed E-state index contributed by atoms with van der Waals surface area (Å²) in [5.41, 5.74) is 11.9. The molecule has 0 bridgehead atoms. The van der Waals surface area contributed by atoms with E-state index >= 15 is 0 Å². The van der Waals surface area contributed by atoms with Crippen LogP contribution in [0.4, 0.5) is 11.4 Å². The van der Waals surface area contributed by atoms with Crippen LogP contribution in [0.3, 0.4) is 0 Å². The summed E-state index contributed by atoms with van der Waals surface area (Å²) in [4.78, 5) is 12.1. The number of benzene rings is 2. The lowest BCUT2D eigenvalue weighted by atomic mass is 10.1. The zero-order valence-electron chi connectivity index (χ0n) is 10.9. The second kappa shape index (κ2) is 6.92. The number of hydrogen-bond donors (Lipinski definition) is 4. The molecule has 2 rings (SSSR count). The minimum Gasteiger partial charge on any atom is -0.375 e. The van der Waals surface area contributed by atoms with Crippen molar-refractivity contribution in [3.63, 3.8) is 0 Å². The molecule has 0 saturated carbocycles. The Hall–Kier alpha value is -2.31. The molecule has 2 aromatic carbocycles. The number of amides is 1. The van der Waals surface area contributed by atoms with Gasteiger partial charge in [-0.25, -0.2) is 0 Å². The van der Waals surface area contributed by atoms with E-state index in [0.717, 1.165) is 5.69 Å². The number of carbonyl (C=O) groups is 1. The third kappa shape index (κ3) is 4.34. The Morgan fingerprint density at radius 3 is 2.48 bits per heavy atom. The molecular formula is C14H13ClN4OS. The van der Waals surface area contributed by atoms with Gasteiger partial charge in [0.15, 0.2) is 5.11 Å². The Morgan fingerprint density at radius 2 is 1.81 bits per heavy atom. The number of nitrogens with one attached hydrogen (secondary N) is 3. The van der Waals surface area contributed by atoms with Crippen molar-refractivity contribution < 1.29 is 4.79 Å². The lowest BCUT2D eigenvalue weighted by Crippen LogP contribution is -2.44. The van der Waals surface area contributed by atoms with Crippen LogP contribution in [0, 0.1) is 0 Å². The van der Waals surface area contributed by atoms with Crippen LogP contribution >= 0.6 is 23.8 Å². The van der Waals surface area contributed by atoms with Gasteiger partial charge in [-0.3, -0.25) is 15.6 Å². The number of anilines is 2. The first-order chi connectivity index (χ1) is 10.1. The molecule has 0 fully saturated rings. The monoisotopic (exact) mass is 320 g/mol. The van der Waals surface area contributed by atoms with Crippen molar-refractivity contribution >= 4 is 46.2 Å². The summed E-state index contributed by atoms with van der Waals surface area (Å²) in [6.45, 7) is 0. The van der Waals surface area contributed by atoms with Crippen LogP contribution in [-0.2, 0) is 0 Å². The fourth-order valence-electron chi connectivity index (χ4n) is 1.68. The van der Waals surface area contributed by atoms with Crippen LogP contribution < -0.4 is 21.9 Å². The number of carbonyl (C=O) groups excluding carboxylic acids is 1. The van der Waals surface area contributed by atoms with Gasteiger partial charge >= 0.3 is 0 Å². The maximum atomic E-state index is 12.1. The first-order valence-corrected chi connectivity index (χ1v) is 6.82. The Labute approximate surface area is 132 Å². The van der Waals surface area contributed by atoms with Gasteiger partial charge in [-0.1, -0.05) is 29.8 Å². The van der Waals surface area contributed by atoms with Crippen LogP contribution in [0.5, 0.6) is 0 Å². The number of nitrogens with two attached hydrogens (primary N) is 1. The second-order valence-electron chi connectivity index (χ2n) is 4.12. The average molecular weight is 321 g/mol. The Balaban J connectivity index is 2.25. The SMILES string of the molecule is NC(=S)NNC(=O)c1ccc(Cl)cc1Nc1ccccc1. The molecular weight excluding hydrogens is 308 g/mol. The van der Waals surface area contributed by atoms with E-state index in [1.54, 1.807) is 18.2 Å². The summed E-state index contributed by atoms with van der Waals surface area (Å²) in [5.74, 6) is -0.377. The van der Waals surface area contributed by atoms with E-state index in [2.05, 4.69) is 28.4 Å². The van der Waals surface area contributed by atoms with Crippen LogP contribution in [0.15, 0.2) is 48.5 Å². The van der Waals surface area contributed by atoms with Crippen molar-refractivity contribution in [2.75, 3.05) is 5.32 Å². The molecule has 0 atom stereocenters. The highest BCUT2D eigenvalue weighted by Gasteiger charge is 2.12. The highest BCUT2D eigenvalue weighted by molar-refractivity contribution is 7.80. The predicted octanol–water partition coefficient (Wildman–Crippen LogP) is 2.56. The highest BCUT2D eigenvalue weighted by atomic mass is 35.5. The van der Waals surface area contributed by atoms with Crippen LogP contribution in [-0.4, -0.2) is 11.0 Å². The van der Waals surface area contributed by atoms with Crippen molar-refractivity contribution in [1.82, 2.24) is 10.9 Å². The molecule has 1 amide bonds. The van der Waals surface area contributed by atoms with Gasteiger partial charge < -0.3 is 11.1 Å². The van der Waals surface area contributed by atoms with Crippen molar-refractivity contribution in [2.45, 2.75) is 0 Å². The van der Waals surface area contributed by atoms with Gasteiger partial charge in [0.2, 0.25) is 0 Å². The number of rotatable bonds is 3. The van der Waals surface area contributed by atoms with Gasteiger partial charge in [0, 0.05) is 10.7 Å². The minimum absolute atomic E-state index is 0.0186. The predicted molar refractivity (Wildman–Crippen MR) is 88.6 cm³/mol. The summed E-state index contributed by atoms with van der Waals surface area (Å²) in [7, 11) is 0. The third-order valence-electron chi connectivity index (χ3n) is 2.58. The molecule has 0 heterocycles. The molecule has 0 aliphatic carbocycles. The van der Waals surface area contributed by atoms with Gasteiger partial charge in [-0.05, 0) is 42.5 Å². The Bertz CT molecular complexity index is 663. The topological polar surface area (TPSA) is 79.2 Å². The van der Waals surface area contributed by atoms with Gasteiger partial charge in [0.05, 0.1) is 11.3 Å². The van der Waals surface area contributed by atoms with Gasteiger partial charge in [0.25, 0.3) is 5.91 Å². The summed E-state index contributed by atoms with van der Waals surface area (Å²) in [6.07, 6.45) is 0. The van der Waals surface area contributed by atoms with E-state index in [-0.39, 0.29) is 11.0 Å². The molecule has 0 aliphatic heterocycles. The molecule has 0 spiro atoms. The Morgan fingerprint density at radius 1 is 1.10 bits per heavy atom. The molecule has 21 heavy (non-hydrogen) atoms. The molecule has 5 N–H and O–H groups in total. The number of hydrogen-bond acceptors (Lipinski definition) is 3. The van der Waals surface area contributed by atoms with Crippen molar-refractivity contribution in [3.8, 4) is 0 Å². The fourth-order valence-corrected chi connectivity index (χ4v) is 1.90. The summed E-state index contributed by atoms with van der Waals surface area (Å²) >= 11 is 10.6. The number of para-hydroxylation sites is 1. The molecule has 2 aromatic rings. The van der Waals surface area contributed by atoms with Gasteiger partial charge in [0.1, 0.15) is 0 Å². The highest BCUT2D eigenvalue weighted by Crippen LogP contribution is 2.24. The maximum absolute atomic E-state index is 12.1. The third-order valence-corrected chi connectivity index (χ3v) is 2.92. The first-order valence-electron chi connectivity index (χ1n) is 6.03. The smallest absolute Gasteiger partial charge is 0.271 e. The van der Waals surface area contributed by atoms with E-state index in [1.165, 1.54) is 0 Å². The lowest BCUT2D eigenvalue weighted by molar-refractivity contribution is 0.0945. The molecule has 0 radical (unpaired) electrons. The number of halogens is 1. The van der Waals surface area contributed by atoms with Crippen LogP contribution in [0.25, 0.3) is 0 Å². The zero-order chi connectivity index (χ0) is 15.2. The summed E-state index contributed by atoms with van der Waals surface area (Å²) in [5, 5.41) is 3.65. The van der Waals surface area contributed by atoms with Gasteiger partial charge in [-0.15, -0.1) is 0 Å². The molecule has 0 aliphatic rings. The van der Waals surface area contributed by atoms with Crippen LogP contribution in [0.1, 0.15) is 10.4 Å². The number of hydrazine groups is 1. The molecule has 0 unspecified atom stereocenters. The summed E-state index contributed by atoms with van der Waals surface area (Å²) < 4.78 is 0. The largest absolute Gasteiger partial charge is 0.375 e. The molecule has 0 saturated heterocycles. The summed E-state index contributed by atoms with van der Waals surface area (Å²) in [6, 6.07) is 14.4. The van der Waals surface area contributed by atoms with E-state index < -0.39 is 0 Å². The molecule has 0 aromatic heterocycles. The second-order valence-corrected chi connectivity index (χ2v) is 5.00. The molecule has 5 nitrogen and oxygen atoms in total. The lowest BCUT2D eigenvalue weighted by Gasteiger charge is -2.13. The van der Waals surface area contributed by atoms with Crippen molar-refractivity contribution in [2.24, 2.45) is 5.73 Å². The maximum Gasteiger partial charge on any atom is 0.271 e. The van der Waals surface area contributed by atoms with E-state index in [0.29, 0.717) is 16.3 Å². The molecule has 7 heteroatoms. The van der Waals surface area contributed by atoms with Crippen molar-refractivity contribution in [3.05, 3.63) is 59.1 Å². The zero-order valence-corrected chi connectivity index (χ0v) is 12.5. The van der Waals surface area contributed by atoms with E-state index in [9.17, 15) is 4.79 Å². The minimum atomic E-state index is -0.377. The first kappa shape index (κ1) is 15.1. The quantitative estimate of drug-likeness (QED) is 0.516. The standard InChI is InChI=1S/C14H13ClN4OS/c15-9-6-7-11(13(20)18-19-14(16)21)12(8-9)17-10-4-2-1-3-5-10/h1-8,17H,(H,18,20)(H3,16,19,21). The van der Waals surface area contributed by atoms with E-state index in [1.807, 2.05) is 30.3 Å². The number of thiocarbonyl (C=S) groups is 1. The van der Waals surface area contributed by atoms with Gasteiger partial charge in [-0.2, -0.15) is 0 Å². The normalized spacial score (nSPS) is 9.76. The Kier molecular flexibility index (Phi) is 4.97. The molecule has 108 valence electrons. The van der Waals surface area contributed by atoms with Crippen molar-refractivity contribution in [1.29, 1.82) is 0 Å². The fraction of sp³-hybridized carbons (Fsp3) is 0. The average Bonchev–Trinajstić information content (AvgIpc) is 2.46.